The van der Waals surface area contributed by atoms with Crippen molar-refractivity contribution in [3.8, 4) is 0 Å². The van der Waals surface area contributed by atoms with Crippen molar-refractivity contribution in [1.29, 1.82) is 0 Å². The number of carboxylic acids is 2. The SMILES string of the molecule is CCCCCCCCCCCCCCCC(OCc1ccccc1)C(OC(C)=O)C(=O)[O-].CCCCCCCCCCCCCCCC(OCc1ccccc1)C(OC(C)=O)C(=O)[O-].[Ba+2]. The zero-order valence-electron chi connectivity index (χ0n) is 41.1. The zero-order chi connectivity index (χ0) is 46.9. The maximum atomic E-state index is 11.6. The molecule has 0 radical (unpaired) electrons. The number of hydrogen-bond acceptors (Lipinski definition) is 10. The first-order chi connectivity index (χ1) is 31.1. The molecule has 2 rings (SSSR count). The van der Waals surface area contributed by atoms with E-state index >= 15 is 0 Å². The van der Waals surface area contributed by atoms with Gasteiger partial charge in [0.2, 0.25) is 0 Å². The molecule has 364 valence electrons. The van der Waals surface area contributed by atoms with Crippen molar-refractivity contribution in [2.45, 2.75) is 245 Å². The third-order valence-electron chi connectivity index (χ3n) is 11.5. The van der Waals surface area contributed by atoms with Crippen LogP contribution in [-0.2, 0) is 51.3 Å². The van der Waals surface area contributed by atoms with Crippen molar-refractivity contribution in [1.82, 2.24) is 0 Å². The summed E-state index contributed by atoms with van der Waals surface area (Å²) in [5.74, 6) is -4.10. The number of carbonyl (C=O) groups is 4. The second-order valence-electron chi connectivity index (χ2n) is 17.4. The molecule has 10 nitrogen and oxygen atoms in total. The summed E-state index contributed by atoms with van der Waals surface area (Å²) < 4.78 is 21.7. The first kappa shape index (κ1) is 62.8. The molecule has 0 aliphatic rings. The molecule has 4 atom stereocenters. The first-order valence-corrected chi connectivity index (χ1v) is 25.2. The summed E-state index contributed by atoms with van der Waals surface area (Å²) in [6.45, 7) is 7.45. The van der Waals surface area contributed by atoms with Gasteiger partial charge in [0.1, 0.15) is 12.2 Å². The van der Waals surface area contributed by atoms with E-state index < -0.39 is 48.3 Å². The van der Waals surface area contributed by atoms with E-state index in [4.69, 9.17) is 18.9 Å². The predicted molar refractivity (Wildman–Crippen MR) is 258 cm³/mol. The summed E-state index contributed by atoms with van der Waals surface area (Å²) in [6, 6.07) is 19.1. The number of ether oxygens (including phenoxy) is 4. The van der Waals surface area contributed by atoms with E-state index in [1.54, 1.807) is 0 Å². The van der Waals surface area contributed by atoms with Crippen molar-refractivity contribution in [2.24, 2.45) is 0 Å². The Morgan fingerprint density at radius 3 is 0.892 bits per heavy atom. The molecule has 11 heteroatoms. The van der Waals surface area contributed by atoms with Crippen LogP contribution in [0.25, 0.3) is 0 Å². The minimum Gasteiger partial charge on any atom is -0.546 e. The zero-order valence-corrected chi connectivity index (χ0v) is 45.5. The van der Waals surface area contributed by atoms with Crippen LogP contribution in [0.5, 0.6) is 0 Å². The Balaban J connectivity index is 0.00000124. The van der Waals surface area contributed by atoms with Gasteiger partial charge < -0.3 is 38.7 Å². The van der Waals surface area contributed by atoms with Crippen molar-refractivity contribution >= 4 is 72.8 Å². The minimum atomic E-state index is -1.41. The number of aliphatic carboxylic acids is 2. The van der Waals surface area contributed by atoms with Gasteiger partial charge in [0, 0.05) is 13.8 Å². The summed E-state index contributed by atoms with van der Waals surface area (Å²) in [5, 5.41) is 23.1. The number of carboxylic acid groups (broad SMARTS) is 2. The van der Waals surface area contributed by atoms with Gasteiger partial charge in [-0.1, -0.05) is 241 Å². The van der Waals surface area contributed by atoms with Crippen LogP contribution in [0, 0.1) is 0 Å². The number of benzene rings is 2. The Bertz CT molecular complexity index is 1320. The maximum absolute atomic E-state index is 11.6. The fourth-order valence-electron chi connectivity index (χ4n) is 7.83. The Labute approximate surface area is 434 Å². The van der Waals surface area contributed by atoms with E-state index in [-0.39, 0.29) is 62.1 Å². The summed E-state index contributed by atoms with van der Waals surface area (Å²) in [6.07, 6.45) is 29.3. The monoisotopic (exact) mass is 1030 g/mol. The third kappa shape index (κ3) is 36.5. The molecule has 0 aromatic heterocycles. The standard InChI is InChI=1S/2C27H44O5.Ba/c2*1-3-4-5-6-7-8-9-10-11-12-13-14-18-21-25(26(27(29)30)32-23(2)28)31-22-24-19-16-15-17-20-24;/h2*15-17,19-20,25-26H,3-14,18,21-22H2,1-2H3,(H,29,30);/q;;+2/p-2. The molecule has 2 aromatic rings. The molecule has 0 aliphatic carbocycles. The molecule has 0 saturated carbocycles. The van der Waals surface area contributed by atoms with Crippen molar-refractivity contribution < 1.29 is 48.3 Å². The number of esters is 2. The van der Waals surface area contributed by atoms with Crippen LogP contribution in [-0.4, -0.2) is 97.2 Å². The quantitative estimate of drug-likeness (QED) is 0.0358. The smallest absolute Gasteiger partial charge is 0.546 e. The predicted octanol–water partition coefficient (Wildman–Crippen LogP) is 11.1. The van der Waals surface area contributed by atoms with Gasteiger partial charge in [-0.3, -0.25) is 9.59 Å². The fraction of sp³-hybridized carbons (Fsp3) is 0.704. The number of rotatable bonds is 40. The molecule has 2 aromatic carbocycles. The Kier molecular flexibility index (Phi) is 42.8. The van der Waals surface area contributed by atoms with Crippen LogP contribution in [0.15, 0.2) is 60.7 Å². The summed E-state index contributed by atoms with van der Waals surface area (Å²) >= 11 is 0. The van der Waals surface area contributed by atoms with Gasteiger partial charge in [0.05, 0.1) is 25.2 Å². The third-order valence-corrected chi connectivity index (χ3v) is 11.5. The second kappa shape index (κ2) is 44.3. The van der Waals surface area contributed by atoms with E-state index in [2.05, 4.69) is 13.8 Å². The number of hydrogen-bond donors (Lipinski definition) is 0. The van der Waals surface area contributed by atoms with Gasteiger partial charge in [-0.15, -0.1) is 0 Å². The molecule has 65 heavy (non-hydrogen) atoms. The van der Waals surface area contributed by atoms with Gasteiger partial charge in [0.15, 0.2) is 12.2 Å². The van der Waals surface area contributed by atoms with Crippen LogP contribution >= 0.6 is 0 Å². The Morgan fingerprint density at radius 1 is 0.415 bits per heavy atom. The molecule has 0 amide bonds. The van der Waals surface area contributed by atoms with Gasteiger partial charge >= 0.3 is 60.8 Å². The normalized spacial score (nSPS) is 12.7. The van der Waals surface area contributed by atoms with Crippen LogP contribution in [0.4, 0.5) is 0 Å². The van der Waals surface area contributed by atoms with Crippen LogP contribution < -0.4 is 10.2 Å². The topological polar surface area (TPSA) is 151 Å². The largest absolute Gasteiger partial charge is 2.00 e. The summed E-state index contributed by atoms with van der Waals surface area (Å²) in [5.41, 5.74) is 1.89. The average molecular weight is 1030 g/mol. The molecule has 0 N–H and O–H groups in total. The van der Waals surface area contributed by atoms with Gasteiger partial charge in [-0.05, 0) is 24.0 Å². The van der Waals surface area contributed by atoms with Crippen molar-refractivity contribution in [2.75, 3.05) is 0 Å². The molecule has 0 fully saturated rings. The molecule has 0 aliphatic heterocycles. The number of carbonyl (C=O) groups excluding carboxylic acids is 4. The van der Waals surface area contributed by atoms with Crippen molar-refractivity contribution in [3.05, 3.63) is 71.8 Å². The summed E-state index contributed by atoms with van der Waals surface area (Å²) in [7, 11) is 0. The van der Waals surface area contributed by atoms with Gasteiger partial charge in [-0.2, -0.15) is 0 Å². The molecule has 0 bridgehead atoms. The second-order valence-corrected chi connectivity index (χ2v) is 17.4. The molecular weight excluding hydrogens is 946 g/mol. The molecule has 4 unspecified atom stereocenters. The molecule has 0 spiro atoms. The van der Waals surface area contributed by atoms with E-state index in [1.807, 2.05) is 60.7 Å². The average Bonchev–Trinajstić information content (AvgIpc) is 3.28. The van der Waals surface area contributed by atoms with Gasteiger partial charge in [-0.25, -0.2) is 0 Å². The first-order valence-electron chi connectivity index (χ1n) is 25.2. The van der Waals surface area contributed by atoms with Crippen molar-refractivity contribution in [3.63, 3.8) is 0 Å². The molecule has 0 saturated heterocycles. The van der Waals surface area contributed by atoms with E-state index in [1.165, 1.54) is 142 Å². The molecular formula is C54H86BaO10. The Hall–Kier alpha value is -2.19. The molecule has 0 heterocycles. The number of unbranched alkanes of at least 4 members (excludes halogenated alkanes) is 24. The minimum absolute atomic E-state index is 0. The van der Waals surface area contributed by atoms with E-state index in [0.29, 0.717) is 12.8 Å². The van der Waals surface area contributed by atoms with Crippen LogP contribution in [0.3, 0.4) is 0 Å². The maximum Gasteiger partial charge on any atom is 2.00 e. The summed E-state index contributed by atoms with van der Waals surface area (Å²) in [4.78, 5) is 45.8. The van der Waals surface area contributed by atoms with Crippen LogP contribution in [0.1, 0.15) is 219 Å². The van der Waals surface area contributed by atoms with Crippen LogP contribution in [0.2, 0.25) is 0 Å². The van der Waals surface area contributed by atoms with E-state index in [9.17, 15) is 29.4 Å². The van der Waals surface area contributed by atoms with E-state index in [0.717, 1.165) is 49.7 Å². The Morgan fingerprint density at radius 2 is 0.662 bits per heavy atom. The van der Waals surface area contributed by atoms with Gasteiger partial charge in [0.25, 0.3) is 0 Å². The fourth-order valence-corrected chi connectivity index (χ4v) is 7.83.